The van der Waals surface area contributed by atoms with E-state index in [0.717, 1.165) is 34.4 Å². The predicted octanol–water partition coefficient (Wildman–Crippen LogP) is 4.95. The number of aromatic nitrogens is 2. The van der Waals surface area contributed by atoms with E-state index in [-0.39, 0.29) is 0 Å². The highest BCUT2D eigenvalue weighted by Gasteiger charge is 2.13. The molecule has 0 bridgehead atoms. The number of aryl methyl sites for hydroxylation is 2. The molecule has 0 spiro atoms. The van der Waals surface area contributed by atoms with E-state index in [0.29, 0.717) is 0 Å². The van der Waals surface area contributed by atoms with Crippen LogP contribution in [0.15, 0.2) is 41.4 Å². The molecule has 2 rings (SSSR count). The van der Waals surface area contributed by atoms with Crippen LogP contribution in [-0.4, -0.2) is 29.5 Å². The van der Waals surface area contributed by atoms with E-state index >= 15 is 0 Å². The van der Waals surface area contributed by atoms with Crippen LogP contribution in [-0.2, 0) is 0 Å². The molecule has 0 saturated heterocycles. The van der Waals surface area contributed by atoms with Gasteiger partial charge in [0.15, 0.2) is 0 Å². The summed E-state index contributed by atoms with van der Waals surface area (Å²) in [5, 5.41) is 3.36. The van der Waals surface area contributed by atoms with Gasteiger partial charge in [0, 0.05) is 31.7 Å². The van der Waals surface area contributed by atoms with Crippen molar-refractivity contribution in [3.63, 3.8) is 0 Å². The number of nitrogens with zero attached hydrogens (tertiary/aromatic N) is 4. The SMILES string of the molecule is C/C=C\n1c(C)nc(C)c1C(=C/C)/N=C(\C)Nc1ccc(N(C)C)cc1. The molecule has 0 radical (unpaired) electrons. The molecule has 26 heavy (non-hydrogen) atoms. The van der Waals surface area contributed by atoms with Crippen molar-refractivity contribution < 1.29 is 0 Å². The number of anilines is 2. The minimum absolute atomic E-state index is 0.834. The summed E-state index contributed by atoms with van der Waals surface area (Å²) in [6.07, 6.45) is 6.04. The van der Waals surface area contributed by atoms with E-state index < -0.39 is 0 Å². The smallest absolute Gasteiger partial charge is 0.110 e. The van der Waals surface area contributed by atoms with Crippen LogP contribution >= 0.6 is 0 Å². The fraction of sp³-hybridized carbons (Fsp3) is 0.333. The predicted molar refractivity (Wildman–Crippen MR) is 114 cm³/mol. The molecular formula is C21H29N5. The standard InChI is InChI=1S/C21H29N5/c1-8-14-26-17(5)22-15(3)21(26)20(9-2)24-16(4)23-18-10-12-19(13-11-18)25(6)7/h8-14H,1-7H3,(H,23,24)/b14-8-,20-9-. The highest BCUT2D eigenvalue weighted by Crippen LogP contribution is 2.23. The third-order valence-corrected chi connectivity index (χ3v) is 4.07. The summed E-state index contributed by atoms with van der Waals surface area (Å²) in [7, 11) is 4.07. The first-order valence-electron chi connectivity index (χ1n) is 8.82. The average molecular weight is 351 g/mol. The van der Waals surface area contributed by atoms with Gasteiger partial charge in [-0.15, -0.1) is 0 Å². The Kier molecular flexibility index (Phi) is 6.39. The molecule has 0 saturated carbocycles. The summed E-state index contributed by atoms with van der Waals surface area (Å²) >= 11 is 0. The van der Waals surface area contributed by atoms with Gasteiger partial charge in [0.05, 0.1) is 17.1 Å². The van der Waals surface area contributed by atoms with Gasteiger partial charge in [-0.1, -0.05) is 12.2 Å². The number of amidine groups is 1. The van der Waals surface area contributed by atoms with Crippen molar-refractivity contribution in [2.75, 3.05) is 24.3 Å². The molecule has 1 heterocycles. The van der Waals surface area contributed by atoms with E-state index in [4.69, 9.17) is 4.99 Å². The Labute approximate surface area is 156 Å². The summed E-state index contributed by atoms with van der Waals surface area (Å²) in [6.45, 7) is 10.00. The van der Waals surface area contributed by atoms with Gasteiger partial charge in [0.2, 0.25) is 0 Å². The summed E-state index contributed by atoms with van der Waals surface area (Å²) in [6, 6.07) is 8.29. The van der Waals surface area contributed by atoms with Crippen LogP contribution in [0.4, 0.5) is 11.4 Å². The Morgan fingerprint density at radius 2 is 1.81 bits per heavy atom. The maximum absolute atomic E-state index is 4.80. The molecule has 138 valence electrons. The summed E-state index contributed by atoms with van der Waals surface area (Å²) in [5.41, 5.74) is 5.08. The number of hydrogen-bond acceptors (Lipinski definition) is 3. The number of imidazole rings is 1. The Bertz CT molecular complexity index is 836. The minimum Gasteiger partial charge on any atom is -0.378 e. The van der Waals surface area contributed by atoms with Crippen molar-refractivity contribution in [1.82, 2.24) is 9.55 Å². The number of allylic oxidation sites excluding steroid dienone is 2. The van der Waals surface area contributed by atoms with Gasteiger partial charge in [-0.2, -0.15) is 0 Å². The molecule has 0 unspecified atom stereocenters. The number of nitrogens with one attached hydrogen (secondary N) is 1. The normalized spacial score (nSPS) is 12.7. The highest BCUT2D eigenvalue weighted by molar-refractivity contribution is 5.97. The second kappa shape index (κ2) is 8.52. The zero-order chi connectivity index (χ0) is 19.3. The Morgan fingerprint density at radius 1 is 1.15 bits per heavy atom. The molecule has 0 atom stereocenters. The molecule has 5 heteroatoms. The van der Waals surface area contributed by atoms with Crippen LogP contribution in [0.25, 0.3) is 11.9 Å². The quantitative estimate of drug-likeness (QED) is 0.612. The molecule has 0 fully saturated rings. The molecule has 0 aliphatic rings. The van der Waals surface area contributed by atoms with Gasteiger partial charge in [-0.25, -0.2) is 9.98 Å². The van der Waals surface area contributed by atoms with Gasteiger partial charge < -0.3 is 14.8 Å². The van der Waals surface area contributed by atoms with Gasteiger partial charge in [0.1, 0.15) is 11.7 Å². The van der Waals surface area contributed by atoms with Crippen LogP contribution in [0.3, 0.4) is 0 Å². The van der Waals surface area contributed by atoms with E-state index in [1.807, 2.05) is 67.1 Å². The van der Waals surface area contributed by atoms with E-state index in [2.05, 4.69) is 44.0 Å². The van der Waals surface area contributed by atoms with Crippen molar-refractivity contribution in [2.45, 2.75) is 34.6 Å². The van der Waals surface area contributed by atoms with Gasteiger partial charge in [-0.3, -0.25) is 0 Å². The molecular weight excluding hydrogens is 322 g/mol. The van der Waals surface area contributed by atoms with Gasteiger partial charge >= 0.3 is 0 Å². The maximum Gasteiger partial charge on any atom is 0.110 e. The van der Waals surface area contributed by atoms with Crippen molar-refractivity contribution >= 4 is 29.1 Å². The first kappa shape index (κ1) is 19.5. The third kappa shape index (κ3) is 4.42. The first-order valence-corrected chi connectivity index (χ1v) is 8.82. The topological polar surface area (TPSA) is 45.5 Å². The Hall–Kier alpha value is -2.82. The number of rotatable bonds is 5. The average Bonchev–Trinajstić information content (AvgIpc) is 2.87. The van der Waals surface area contributed by atoms with Crippen LogP contribution in [0.2, 0.25) is 0 Å². The van der Waals surface area contributed by atoms with Crippen LogP contribution in [0.5, 0.6) is 0 Å². The van der Waals surface area contributed by atoms with Gasteiger partial charge in [-0.05, 0) is 58.9 Å². The van der Waals surface area contributed by atoms with Crippen LogP contribution in [0, 0.1) is 13.8 Å². The summed E-state index contributed by atoms with van der Waals surface area (Å²) in [4.78, 5) is 11.5. The van der Waals surface area contributed by atoms with Crippen molar-refractivity contribution in [2.24, 2.45) is 4.99 Å². The molecule has 0 aliphatic carbocycles. The summed E-state index contributed by atoms with van der Waals surface area (Å²) in [5.74, 6) is 1.79. The van der Waals surface area contributed by atoms with Crippen LogP contribution in [0.1, 0.15) is 38.0 Å². The zero-order valence-electron chi connectivity index (χ0n) is 16.8. The lowest BCUT2D eigenvalue weighted by molar-refractivity contribution is 1.01. The third-order valence-electron chi connectivity index (χ3n) is 4.07. The molecule has 0 amide bonds. The molecule has 1 aromatic heterocycles. The number of hydrogen-bond donors (Lipinski definition) is 1. The van der Waals surface area contributed by atoms with E-state index in [9.17, 15) is 0 Å². The second-order valence-electron chi connectivity index (χ2n) is 6.38. The maximum atomic E-state index is 4.80. The first-order chi connectivity index (χ1) is 12.4. The molecule has 2 aromatic rings. The Morgan fingerprint density at radius 3 is 2.35 bits per heavy atom. The fourth-order valence-electron chi connectivity index (χ4n) is 2.84. The number of aliphatic imine (C=N–C) groups is 1. The van der Waals surface area contributed by atoms with Crippen LogP contribution < -0.4 is 10.2 Å². The Balaban J connectivity index is 2.29. The number of benzene rings is 1. The molecule has 1 aromatic carbocycles. The molecule has 0 aliphatic heterocycles. The lowest BCUT2D eigenvalue weighted by Gasteiger charge is -2.13. The minimum atomic E-state index is 0.834. The molecule has 1 N–H and O–H groups in total. The summed E-state index contributed by atoms with van der Waals surface area (Å²) < 4.78 is 2.08. The fourth-order valence-corrected chi connectivity index (χ4v) is 2.84. The van der Waals surface area contributed by atoms with Crippen molar-refractivity contribution in [1.29, 1.82) is 0 Å². The zero-order valence-corrected chi connectivity index (χ0v) is 16.8. The lowest BCUT2D eigenvalue weighted by atomic mass is 10.2. The second-order valence-corrected chi connectivity index (χ2v) is 6.38. The van der Waals surface area contributed by atoms with Gasteiger partial charge in [0.25, 0.3) is 0 Å². The van der Waals surface area contributed by atoms with Crippen molar-refractivity contribution in [3.05, 3.63) is 53.6 Å². The monoisotopic (exact) mass is 351 g/mol. The van der Waals surface area contributed by atoms with Crippen molar-refractivity contribution in [3.8, 4) is 0 Å². The largest absolute Gasteiger partial charge is 0.378 e. The highest BCUT2D eigenvalue weighted by atomic mass is 15.1. The lowest BCUT2D eigenvalue weighted by Crippen LogP contribution is -2.10. The van der Waals surface area contributed by atoms with E-state index in [1.54, 1.807) is 0 Å². The van der Waals surface area contributed by atoms with E-state index in [1.165, 1.54) is 5.69 Å². The molecule has 5 nitrogen and oxygen atoms in total.